The van der Waals surface area contributed by atoms with Crippen molar-refractivity contribution in [3.05, 3.63) is 59.7 Å². The zero-order valence-electron chi connectivity index (χ0n) is 19.0. The standard InChI is InChI=1S/C25H34N2O4S/c1-19-17-23(32(29,30)27-22-11-7-4-8-12-22)15-16-24(19)31-18-25(28)26-20(2)13-14-21-9-5-3-6-10-21/h3,5-6,9-10,15-17,20,22,27H,4,7-8,11-14,18H2,1-2H3,(H,26,28)/t20-/m1/s1. The molecule has 32 heavy (non-hydrogen) atoms. The summed E-state index contributed by atoms with van der Waals surface area (Å²) in [5, 5.41) is 2.95. The molecule has 3 rings (SSSR count). The maximum absolute atomic E-state index is 12.7. The fourth-order valence-corrected chi connectivity index (χ4v) is 5.41. The van der Waals surface area contributed by atoms with Crippen LogP contribution >= 0.6 is 0 Å². The van der Waals surface area contributed by atoms with Gasteiger partial charge in [-0.05, 0) is 68.9 Å². The number of sulfonamides is 1. The molecule has 2 aromatic rings. The Morgan fingerprint density at radius 1 is 1.09 bits per heavy atom. The predicted octanol–water partition coefficient (Wildman–Crippen LogP) is 4.12. The van der Waals surface area contributed by atoms with E-state index >= 15 is 0 Å². The van der Waals surface area contributed by atoms with Crippen molar-refractivity contribution in [3.8, 4) is 5.75 Å². The van der Waals surface area contributed by atoms with Crippen LogP contribution in [-0.4, -0.2) is 33.0 Å². The molecule has 1 fully saturated rings. The van der Waals surface area contributed by atoms with E-state index in [2.05, 4.69) is 22.2 Å². The third-order valence-electron chi connectivity index (χ3n) is 5.86. The number of hydrogen-bond acceptors (Lipinski definition) is 4. The maximum atomic E-state index is 12.7. The van der Waals surface area contributed by atoms with Crippen molar-refractivity contribution in [2.24, 2.45) is 0 Å². The van der Waals surface area contributed by atoms with E-state index in [0.29, 0.717) is 11.3 Å². The summed E-state index contributed by atoms with van der Waals surface area (Å²) < 4.78 is 33.9. The van der Waals surface area contributed by atoms with Gasteiger partial charge in [0, 0.05) is 12.1 Å². The summed E-state index contributed by atoms with van der Waals surface area (Å²) >= 11 is 0. The van der Waals surface area contributed by atoms with Gasteiger partial charge < -0.3 is 10.1 Å². The Morgan fingerprint density at radius 3 is 2.50 bits per heavy atom. The number of benzene rings is 2. The highest BCUT2D eigenvalue weighted by Gasteiger charge is 2.22. The van der Waals surface area contributed by atoms with Crippen molar-refractivity contribution in [1.29, 1.82) is 0 Å². The molecule has 1 atom stereocenters. The van der Waals surface area contributed by atoms with E-state index in [1.165, 1.54) is 18.1 Å². The molecule has 1 aliphatic carbocycles. The molecule has 0 heterocycles. The Hall–Kier alpha value is -2.38. The summed E-state index contributed by atoms with van der Waals surface area (Å²) in [6.45, 7) is 3.66. The largest absolute Gasteiger partial charge is 0.484 e. The molecule has 1 amide bonds. The van der Waals surface area contributed by atoms with Gasteiger partial charge in [-0.1, -0.05) is 49.6 Å². The normalized spacial score (nSPS) is 15.8. The van der Waals surface area contributed by atoms with E-state index in [1.54, 1.807) is 19.1 Å². The number of nitrogens with one attached hydrogen (secondary N) is 2. The highest BCUT2D eigenvalue weighted by Crippen LogP contribution is 2.24. The third-order valence-corrected chi connectivity index (χ3v) is 7.38. The van der Waals surface area contributed by atoms with Crippen LogP contribution in [0.3, 0.4) is 0 Å². The quantitative estimate of drug-likeness (QED) is 0.561. The first-order chi connectivity index (χ1) is 15.3. The van der Waals surface area contributed by atoms with Crippen molar-refractivity contribution >= 4 is 15.9 Å². The minimum Gasteiger partial charge on any atom is -0.484 e. The molecular formula is C25H34N2O4S. The molecule has 0 unspecified atom stereocenters. The SMILES string of the molecule is Cc1cc(S(=O)(=O)NC2CCCCC2)ccc1OCC(=O)N[C@H](C)CCc1ccccc1. The number of ether oxygens (including phenoxy) is 1. The van der Waals surface area contributed by atoms with Crippen LogP contribution in [0.25, 0.3) is 0 Å². The smallest absolute Gasteiger partial charge is 0.258 e. The van der Waals surface area contributed by atoms with Crippen LogP contribution in [-0.2, 0) is 21.2 Å². The maximum Gasteiger partial charge on any atom is 0.258 e. The number of carbonyl (C=O) groups is 1. The van der Waals surface area contributed by atoms with Gasteiger partial charge in [0.15, 0.2) is 6.61 Å². The summed E-state index contributed by atoms with van der Waals surface area (Å²) in [4.78, 5) is 12.5. The third kappa shape index (κ3) is 7.35. The van der Waals surface area contributed by atoms with Gasteiger partial charge in [-0.3, -0.25) is 4.79 Å². The van der Waals surface area contributed by atoms with E-state index in [4.69, 9.17) is 4.74 Å². The monoisotopic (exact) mass is 458 g/mol. The van der Waals surface area contributed by atoms with Gasteiger partial charge in [-0.2, -0.15) is 0 Å². The fraction of sp³-hybridized carbons (Fsp3) is 0.480. The molecule has 174 valence electrons. The van der Waals surface area contributed by atoms with E-state index in [-0.39, 0.29) is 29.5 Å². The number of aryl methyl sites for hydroxylation is 2. The van der Waals surface area contributed by atoms with Gasteiger partial charge in [0.05, 0.1) is 4.90 Å². The Morgan fingerprint density at radius 2 is 1.81 bits per heavy atom. The van der Waals surface area contributed by atoms with Gasteiger partial charge in [0.25, 0.3) is 5.91 Å². The fourth-order valence-electron chi connectivity index (χ4n) is 4.02. The lowest BCUT2D eigenvalue weighted by Gasteiger charge is -2.22. The van der Waals surface area contributed by atoms with Crippen molar-refractivity contribution < 1.29 is 17.9 Å². The molecule has 0 aromatic heterocycles. The molecule has 2 N–H and O–H groups in total. The number of carbonyl (C=O) groups excluding carboxylic acids is 1. The summed E-state index contributed by atoms with van der Waals surface area (Å²) in [7, 11) is -3.56. The topological polar surface area (TPSA) is 84.5 Å². The average Bonchev–Trinajstić information content (AvgIpc) is 2.78. The number of amides is 1. The van der Waals surface area contributed by atoms with Crippen LogP contribution in [0.5, 0.6) is 5.75 Å². The molecule has 1 aliphatic rings. The van der Waals surface area contributed by atoms with Crippen molar-refractivity contribution in [2.75, 3.05) is 6.61 Å². The molecule has 2 aromatic carbocycles. The van der Waals surface area contributed by atoms with Crippen LogP contribution in [0.15, 0.2) is 53.4 Å². The number of hydrogen-bond donors (Lipinski definition) is 2. The lowest BCUT2D eigenvalue weighted by molar-refractivity contribution is -0.123. The molecule has 0 radical (unpaired) electrons. The second-order valence-electron chi connectivity index (χ2n) is 8.67. The van der Waals surface area contributed by atoms with E-state index in [1.807, 2.05) is 25.1 Å². The Kier molecular flexibility index (Phi) is 8.70. The Labute approximate surface area is 191 Å². The van der Waals surface area contributed by atoms with Crippen LogP contribution in [0, 0.1) is 6.92 Å². The molecule has 6 nitrogen and oxygen atoms in total. The second-order valence-corrected chi connectivity index (χ2v) is 10.4. The molecule has 1 saturated carbocycles. The molecule has 0 bridgehead atoms. The first-order valence-corrected chi connectivity index (χ1v) is 12.9. The van der Waals surface area contributed by atoms with Crippen molar-refractivity contribution in [3.63, 3.8) is 0 Å². The summed E-state index contributed by atoms with van der Waals surface area (Å²) in [6.07, 6.45) is 6.81. The van der Waals surface area contributed by atoms with Gasteiger partial charge in [0.1, 0.15) is 5.75 Å². The number of rotatable bonds is 10. The van der Waals surface area contributed by atoms with Crippen molar-refractivity contribution in [2.45, 2.75) is 75.8 Å². The van der Waals surface area contributed by atoms with Crippen LogP contribution < -0.4 is 14.8 Å². The van der Waals surface area contributed by atoms with Crippen LogP contribution in [0.2, 0.25) is 0 Å². The predicted molar refractivity (Wildman–Crippen MR) is 126 cm³/mol. The molecule has 0 saturated heterocycles. The van der Waals surface area contributed by atoms with Gasteiger partial charge in [-0.25, -0.2) is 13.1 Å². The Balaban J connectivity index is 1.48. The van der Waals surface area contributed by atoms with Gasteiger partial charge in [0.2, 0.25) is 10.0 Å². The lowest BCUT2D eigenvalue weighted by atomic mass is 9.96. The summed E-state index contributed by atoms with van der Waals surface area (Å²) in [5.74, 6) is 0.314. The highest BCUT2D eigenvalue weighted by molar-refractivity contribution is 7.89. The zero-order chi connectivity index (χ0) is 23.0. The van der Waals surface area contributed by atoms with Gasteiger partial charge in [-0.15, -0.1) is 0 Å². The van der Waals surface area contributed by atoms with Crippen molar-refractivity contribution in [1.82, 2.24) is 10.0 Å². The summed E-state index contributed by atoms with van der Waals surface area (Å²) in [6, 6.07) is 15.0. The van der Waals surface area contributed by atoms with E-state index in [0.717, 1.165) is 38.5 Å². The first-order valence-electron chi connectivity index (χ1n) is 11.4. The lowest BCUT2D eigenvalue weighted by Crippen LogP contribution is -2.36. The van der Waals surface area contributed by atoms with Crippen LogP contribution in [0.1, 0.15) is 56.6 Å². The minimum atomic E-state index is -3.56. The minimum absolute atomic E-state index is 0.0116. The second kappa shape index (κ2) is 11.5. The molecular weight excluding hydrogens is 424 g/mol. The summed E-state index contributed by atoms with van der Waals surface area (Å²) in [5.41, 5.74) is 1.93. The molecule has 7 heteroatoms. The molecule has 0 spiro atoms. The van der Waals surface area contributed by atoms with E-state index < -0.39 is 10.0 Å². The zero-order valence-corrected chi connectivity index (χ0v) is 19.8. The highest BCUT2D eigenvalue weighted by atomic mass is 32.2. The average molecular weight is 459 g/mol. The molecule has 0 aliphatic heterocycles. The van der Waals surface area contributed by atoms with Crippen LogP contribution in [0.4, 0.5) is 0 Å². The first kappa shape index (κ1) is 24.3. The van der Waals surface area contributed by atoms with Gasteiger partial charge >= 0.3 is 0 Å². The Bertz CT molecular complexity index is 986. The van der Waals surface area contributed by atoms with E-state index in [9.17, 15) is 13.2 Å².